The molecule has 2 aromatic heterocycles. The number of likely N-dealkylation sites (tertiary alicyclic amines) is 2. The number of benzene rings is 2. The maximum atomic E-state index is 14.4. The zero-order valence-electron chi connectivity index (χ0n) is 70.2. The molecule has 0 aliphatic carbocycles. The Hall–Kier alpha value is -8.65. The van der Waals surface area contributed by atoms with E-state index >= 15 is 0 Å². The van der Waals surface area contributed by atoms with Crippen molar-refractivity contribution >= 4 is 98.0 Å². The van der Waals surface area contributed by atoms with E-state index in [9.17, 15) is 57.8 Å². The summed E-state index contributed by atoms with van der Waals surface area (Å²) in [5.41, 5.74) is 24.2. The van der Waals surface area contributed by atoms with Crippen LogP contribution in [0.1, 0.15) is 236 Å². The van der Waals surface area contributed by atoms with Gasteiger partial charge in [0, 0.05) is 128 Å². The fraction of sp³-hybridized carbons (Fsp3) is 0.667. The SMILES string of the molecule is CCNCCCC(=O)C[C@@H](CCCN=C(N)N)C(=O)N1CCC[C@H]1C(=O)C[C@@H](Cc1c[nH]c2ccccc12)C(=O)N[C@H](C(=O)C[C@@H](CC(C)C)C(=O)O)C(C)(C)C.CCNCCCCC[C@@H](CCCN=C(N)N)C(=O)N1CCC[C@H]1C(=O)C[C@@H](Cc1c[nH]c2ccccc12)C(=O)N[C@H](C(=O)C[C@@H](CC(C)C)C(C)=O)C(C)(C)C. The molecule has 2 fully saturated rings. The number of Topliss-reactive ketones (excluding diaryl/α,β-unsaturated/α-hetero) is 6. The zero-order valence-corrected chi connectivity index (χ0v) is 70.2. The van der Waals surface area contributed by atoms with E-state index in [1.807, 2.05) is 137 Å². The molecule has 4 aromatic rings. The van der Waals surface area contributed by atoms with Crippen molar-refractivity contribution in [2.24, 2.45) is 91.1 Å². The van der Waals surface area contributed by atoms with E-state index in [0.29, 0.717) is 110 Å². The van der Waals surface area contributed by atoms with Gasteiger partial charge < -0.3 is 69.1 Å². The molecular formula is C87H138N14O12. The smallest absolute Gasteiger partial charge is 0.306 e. The number of hydrogen-bond acceptors (Lipinski definition) is 15. The van der Waals surface area contributed by atoms with Crippen LogP contribution in [0, 0.1) is 58.2 Å². The van der Waals surface area contributed by atoms with Crippen molar-refractivity contribution in [2.45, 2.75) is 262 Å². The van der Waals surface area contributed by atoms with Gasteiger partial charge in [-0.25, -0.2) is 0 Å². The Kier molecular flexibility index (Phi) is 39.7. The van der Waals surface area contributed by atoms with Gasteiger partial charge in [0.2, 0.25) is 23.6 Å². The number of amides is 4. The summed E-state index contributed by atoms with van der Waals surface area (Å²) in [6.07, 6.45) is 13.7. The Morgan fingerprint density at radius 2 is 0.938 bits per heavy atom. The van der Waals surface area contributed by atoms with E-state index in [1.165, 1.54) is 6.92 Å². The highest BCUT2D eigenvalue weighted by Crippen LogP contribution is 2.34. The minimum atomic E-state index is -1.06. The third-order valence-corrected chi connectivity index (χ3v) is 21.9. The number of H-pyrrole nitrogens is 2. The Balaban J connectivity index is 0.000000404. The maximum Gasteiger partial charge on any atom is 0.306 e. The number of fused-ring (bicyclic) bond motifs is 2. The number of aliphatic carboxylic acids is 1. The van der Waals surface area contributed by atoms with Crippen molar-refractivity contribution in [3.63, 3.8) is 0 Å². The number of unbranched alkanes of at least 4 members (excludes halogenated alkanes) is 2. The lowest BCUT2D eigenvalue weighted by Gasteiger charge is -2.33. The number of nitrogens with two attached hydrogens (primary N) is 4. The van der Waals surface area contributed by atoms with E-state index in [4.69, 9.17) is 22.9 Å². The molecule has 2 aromatic carbocycles. The van der Waals surface area contributed by atoms with Gasteiger partial charge in [0.05, 0.1) is 30.1 Å². The summed E-state index contributed by atoms with van der Waals surface area (Å²) in [6, 6.07) is 12.2. The molecule has 26 nitrogen and oxygen atoms in total. The zero-order chi connectivity index (χ0) is 83.7. The number of aromatic amines is 2. The van der Waals surface area contributed by atoms with Gasteiger partial charge in [-0.3, -0.25) is 62.7 Å². The van der Waals surface area contributed by atoms with Crippen LogP contribution in [0.5, 0.6) is 0 Å². The Bertz CT molecular complexity index is 3820. The lowest BCUT2D eigenvalue weighted by atomic mass is 9.79. The molecule has 2 aliphatic rings. The summed E-state index contributed by atoms with van der Waals surface area (Å²) in [7, 11) is 0. The maximum absolute atomic E-state index is 14.4. The number of carbonyl (C=O) groups excluding carboxylic acids is 10. The largest absolute Gasteiger partial charge is 0.481 e. The molecule has 2 aliphatic heterocycles. The molecule has 4 amide bonds. The van der Waals surface area contributed by atoms with Crippen LogP contribution in [0.25, 0.3) is 21.8 Å². The van der Waals surface area contributed by atoms with Gasteiger partial charge in [0.1, 0.15) is 11.6 Å². The van der Waals surface area contributed by atoms with Gasteiger partial charge >= 0.3 is 5.97 Å². The van der Waals surface area contributed by atoms with E-state index in [2.05, 4.69) is 48.1 Å². The summed E-state index contributed by atoms with van der Waals surface area (Å²) in [5.74, 6) is -6.88. The number of carboxylic acids is 1. The summed E-state index contributed by atoms with van der Waals surface area (Å²) in [5, 5.41) is 24.3. The molecule has 4 heterocycles. The predicted molar refractivity (Wildman–Crippen MR) is 447 cm³/mol. The van der Waals surface area contributed by atoms with E-state index in [-0.39, 0.29) is 127 Å². The quantitative estimate of drug-likeness (QED) is 0.0111. The van der Waals surface area contributed by atoms with Crippen molar-refractivity contribution in [1.82, 2.24) is 41.0 Å². The van der Waals surface area contributed by atoms with Gasteiger partial charge in [-0.15, -0.1) is 0 Å². The van der Waals surface area contributed by atoms with Crippen LogP contribution in [-0.4, -0.2) is 178 Å². The summed E-state index contributed by atoms with van der Waals surface area (Å²) >= 11 is 0. The number of para-hydroxylation sites is 2. The third-order valence-electron chi connectivity index (χ3n) is 21.9. The van der Waals surface area contributed by atoms with E-state index in [0.717, 1.165) is 78.3 Å². The number of ketones is 6. The van der Waals surface area contributed by atoms with Crippen LogP contribution in [-0.2, 0) is 65.6 Å². The number of hydrogen-bond donors (Lipinski definition) is 11. The molecule has 26 heteroatoms. The number of guanidine groups is 2. The first-order chi connectivity index (χ1) is 53.4. The Labute approximate surface area is 671 Å². The molecule has 0 spiro atoms. The predicted octanol–water partition coefficient (Wildman–Crippen LogP) is 10.4. The van der Waals surface area contributed by atoms with Crippen LogP contribution in [0.15, 0.2) is 70.9 Å². The molecule has 10 atom stereocenters. The van der Waals surface area contributed by atoms with Crippen LogP contribution in [0.2, 0.25) is 0 Å². The molecule has 628 valence electrons. The minimum Gasteiger partial charge on any atom is -0.481 e. The van der Waals surface area contributed by atoms with Crippen molar-refractivity contribution in [3.8, 4) is 0 Å². The van der Waals surface area contributed by atoms with Crippen molar-refractivity contribution in [3.05, 3.63) is 72.1 Å². The number of nitrogens with zero attached hydrogens (tertiary/aromatic N) is 4. The number of aliphatic imine (C=N–C) groups is 2. The van der Waals surface area contributed by atoms with Crippen LogP contribution < -0.4 is 44.2 Å². The average molecular weight is 1570 g/mol. The van der Waals surface area contributed by atoms with E-state index in [1.54, 1.807) is 9.80 Å². The number of aromatic nitrogens is 2. The number of carbonyl (C=O) groups is 11. The van der Waals surface area contributed by atoms with Crippen molar-refractivity contribution in [1.29, 1.82) is 0 Å². The highest BCUT2D eigenvalue weighted by atomic mass is 16.4. The number of nitrogens with one attached hydrogen (secondary N) is 6. The molecule has 0 unspecified atom stereocenters. The first kappa shape index (κ1) is 94.9. The van der Waals surface area contributed by atoms with Gasteiger partial charge in [-0.05, 0) is 175 Å². The normalized spacial score (nSPS) is 16.6. The number of rotatable bonds is 50. The van der Waals surface area contributed by atoms with Gasteiger partial charge in [-0.2, -0.15) is 0 Å². The second kappa shape index (κ2) is 47.3. The first-order valence-electron chi connectivity index (χ1n) is 41.6. The monoisotopic (exact) mass is 1570 g/mol. The topological polar surface area (TPSA) is 423 Å². The van der Waals surface area contributed by atoms with E-state index < -0.39 is 76.5 Å². The van der Waals surface area contributed by atoms with Crippen LogP contribution in [0.3, 0.4) is 0 Å². The Morgan fingerprint density at radius 1 is 0.522 bits per heavy atom. The third kappa shape index (κ3) is 31.6. The fourth-order valence-corrected chi connectivity index (χ4v) is 16.0. The second-order valence-corrected chi connectivity index (χ2v) is 34.5. The highest BCUT2D eigenvalue weighted by molar-refractivity contribution is 5.99. The molecule has 0 radical (unpaired) electrons. The molecule has 0 bridgehead atoms. The molecule has 6 rings (SSSR count). The van der Waals surface area contributed by atoms with Gasteiger partial charge in [0.25, 0.3) is 0 Å². The molecule has 113 heavy (non-hydrogen) atoms. The lowest BCUT2D eigenvalue weighted by molar-refractivity contribution is -0.145. The fourth-order valence-electron chi connectivity index (χ4n) is 16.0. The summed E-state index contributed by atoms with van der Waals surface area (Å²) < 4.78 is 0. The summed E-state index contributed by atoms with van der Waals surface area (Å²) in [4.78, 5) is 169. The number of carboxylic acid groups (broad SMARTS) is 1. The van der Waals surface area contributed by atoms with Crippen LogP contribution in [0.4, 0.5) is 0 Å². The molecule has 2 saturated heterocycles. The average Bonchev–Trinajstić information content (AvgIpc) is 1.51. The minimum absolute atomic E-state index is 0.0188. The standard InChI is InChI=1S/C44H71N7O5.C43H67N7O7/c1-8-47-21-13-9-10-16-31(17-14-22-48-43(45)46)42(56)51-23-15-20-37(51)38(53)27-33(25-34-28-49-36-19-12-11-18-35(34)36)41(55)50-40(44(5,6)7)39(54)26-32(30(4)52)24-29(2)3;1-7-46-18-11-14-32(51)23-28(13-10-19-47-42(44)45)40(55)50-20-12-17-35(50)36(52)24-29(22-31-26-48-34-16-9-8-15-33(31)34)39(54)49-38(43(4,5)6)37(53)25-30(41(56)57)21-27(2)3/h11-12,18-19,28-29,31-33,37,40,47,49H,8-10,13-17,20-27H2,1-7H3,(H,50,55)(H4,45,46,48);8-9,15-16,26-30,35,38,46,48H,7,10-14,17-25H2,1-6H3,(H,49,54)(H,56,57)(H4,44,45,47)/t31-,32+,33+,37-,40+;28-,29-,30-,35+,38-/m01/s1. The first-order valence-corrected chi connectivity index (χ1v) is 41.6. The van der Waals surface area contributed by atoms with Gasteiger partial charge in [0.15, 0.2) is 35.1 Å². The molecule has 15 N–H and O–H groups in total. The van der Waals surface area contributed by atoms with Gasteiger partial charge in [-0.1, -0.05) is 132 Å². The Morgan fingerprint density at radius 3 is 1.36 bits per heavy atom. The van der Waals surface area contributed by atoms with Crippen molar-refractivity contribution < 1.29 is 57.8 Å². The second-order valence-electron chi connectivity index (χ2n) is 34.5. The van der Waals surface area contributed by atoms with Crippen molar-refractivity contribution in [2.75, 3.05) is 52.4 Å². The molecular weight excluding hydrogens is 1430 g/mol. The highest BCUT2D eigenvalue weighted by Gasteiger charge is 2.44. The molecule has 0 saturated carbocycles. The van der Waals surface area contributed by atoms with Crippen LogP contribution >= 0.6 is 0 Å². The lowest BCUT2D eigenvalue weighted by Crippen LogP contribution is -2.52. The summed E-state index contributed by atoms with van der Waals surface area (Å²) in [6.45, 7) is 29.6.